The van der Waals surface area contributed by atoms with E-state index in [1.807, 2.05) is 50.3 Å². The minimum atomic E-state index is -1.11. The summed E-state index contributed by atoms with van der Waals surface area (Å²) in [5, 5.41) is 21.1. The Morgan fingerprint density at radius 3 is 2.20 bits per heavy atom. The zero-order chi connectivity index (χ0) is 46.6. The molecule has 3 unspecified atom stereocenters. The lowest BCUT2D eigenvalue weighted by atomic mass is 10.0. The van der Waals surface area contributed by atoms with Crippen molar-refractivity contribution in [2.24, 2.45) is 0 Å². The Bertz CT molecular complexity index is 2040. The normalized spacial score (nSPS) is 15.4. The Hall–Kier alpha value is -6.02. The lowest BCUT2D eigenvalue weighted by Crippen LogP contribution is -2.54. The van der Waals surface area contributed by atoms with E-state index >= 15 is 0 Å². The van der Waals surface area contributed by atoms with Gasteiger partial charge in [-0.25, -0.2) is 0 Å². The third-order valence-corrected chi connectivity index (χ3v) is 11.0. The van der Waals surface area contributed by atoms with Gasteiger partial charge in [0.15, 0.2) is 0 Å². The number of hydrogen-bond acceptors (Lipinski definition) is 9. The Morgan fingerprint density at radius 2 is 1.56 bits per heavy atom. The van der Waals surface area contributed by atoms with Gasteiger partial charge in [-0.15, -0.1) is 0 Å². The summed E-state index contributed by atoms with van der Waals surface area (Å²) in [6, 6.07) is 22.3. The first-order valence-corrected chi connectivity index (χ1v) is 22.5. The van der Waals surface area contributed by atoms with E-state index in [4.69, 9.17) is 4.74 Å². The van der Waals surface area contributed by atoms with Crippen LogP contribution in [0.2, 0.25) is 0 Å². The predicted octanol–water partition coefficient (Wildman–Crippen LogP) is 4.73. The number of allylic oxidation sites excluding steroid dienone is 1. The molecule has 346 valence electrons. The largest absolute Gasteiger partial charge is 0.493 e. The van der Waals surface area contributed by atoms with Crippen molar-refractivity contribution in [2.45, 2.75) is 116 Å². The van der Waals surface area contributed by atoms with Crippen LogP contribution < -0.4 is 26.0 Å². The Morgan fingerprint density at radius 1 is 0.875 bits per heavy atom. The van der Waals surface area contributed by atoms with E-state index < -0.39 is 47.2 Å². The summed E-state index contributed by atoms with van der Waals surface area (Å²) in [4.78, 5) is 81.9. The highest BCUT2D eigenvalue weighted by Gasteiger charge is 2.37. The quantitative estimate of drug-likeness (QED) is 0.0944. The molecule has 0 saturated carbocycles. The second-order valence-electron chi connectivity index (χ2n) is 17.1. The number of ketones is 1. The number of amides is 5. The second-order valence-corrected chi connectivity index (χ2v) is 17.1. The summed E-state index contributed by atoms with van der Waals surface area (Å²) >= 11 is 0. The van der Waals surface area contributed by atoms with Crippen LogP contribution >= 0.6 is 0 Å². The van der Waals surface area contributed by atoms with Crippen molar-refractivity contribution in [3.05, 3.63) is 113 Å². The van der Waals surface area contributed by atoms with Crippen molar-refractivity contribution in [1.82, 2.24) is 31.1 Å². The summed E-state index contributed by atoms with van der Waals surface area (Å²) in [5.74, 6) is -2.68. The summed E-state index contributed by atoms with van der Waals surface area (Å²) < 4.78 is 5.70. The lowest BCUT2D eigenvalue weighted by Gasteiger charge is -2.26. The van der Waals surface area contributed by atoms with Crippen molar-refractivity contribution in [3.8, 4) is 5.75 Å². The molecule has 5 N–H and O–H groups in total. The number of nitrogens with zero attached hydrogens (tertiary/aromatic N) is 2. The predicted molar refractivity (Wildman–Crippen MR) is 247 cm³/mol. The highest BCUT2D eigenvalue weighted by Crippen LogP contribution is 2.21. The first-order valence-electron chi connectivity index (χ1n) is 22.5. The van der Waals surface area contributed by atoms with Crippen molar-refractivity contribution in [2.75, 3.05) is 40.3 Å². The lowest BCUT2D eigenvalue weighted by molar-refractivity contribution is -0.142. The molecular formula is C50H68N6O8. The maximum absolute atomic E-state index is 13.5. The first-order chi connectivity index (χ1) is 30.6. The molecule has 14 nitrogen and oxygen atoms in total. The van der Waals surface area contributed by atoms with Crippen LogP contribution in [-0.2, 0) is 48.0 Å². The molecule has 3 aromatic rings. The van der Waals surface area contributed by atoms with E-state index in [0.717, 1.165) is 5.56 Å². The molecule has 0 aromatic heterocycles. The van der Waals surface area contributed by atoms with Gasteiger partial charge in [0.2, 0.25) is 29.4 Å². The van der Waals surface area contributed by atoms with E-state index in [-0.39, 0.29) is 37.7 Å². The van der Waals surface area contributed by atoms with Crippen molar-refractivity contribution >= 4 is 35.3 Å². The third kappa shape index (κ3) is 16.3. The molecule has 1 fully saturated rings. The topological polar surface area (TPSA) is 186 Å². The number of ether oxygens (including phenoxy) is 1. The van der Waals surface area contributed by atoms with Crippen LogP contribution in [0.1, 0.15) is 101 Å². The number of nitrogens with one attached hydrogen (secondary N) is 4. The molecule has 5 rings (SSSR count). The van der Waals surface area contributed by atoms with Gasteiger partial charge < -0.3 is 40.9 Å². The minimum Gasteiger partial charge on any atom is -0.493 e. The van der Waals surface area contributed by atoms with Crippen molar-refractivity contribution in [3.63, 3.8) is 0 Å². The standard InChI is InChI=1S/C41H58N6O8.C9H10/c1-7-14-30(44-36(40(53)46(5)6)29-17-10-9-11-18-29)26-43-39(52)37(50)32(15-8-2)45-38(51)33-20-13-22-47(33)35(49)27-42-34(48)25-28-16-12-19-31(24-28)55-23-21-41(3,4)54;1-2-5-9-7-3-6-8(9)4-1/h9-12,14,16-19,24,32-33,36,44,54H,7-8,13,15,20-23,25-27H2,1-6H3,(H,42,48)(H,43,52)(H,45,51);1-2,4-5H,3,6-7H2/b30-14+;. The zero-order valence-electron chi connectivity index (χ0n) is 38.4. The SMILES string of the molecule is CC/C=C(\CNC(=O)C(=O)C(CCC)NC(=O)C1CCCN1C(=O)CNC(=O)Cc1cccc(OCCC(C)(C)O)c1)NC(C(=O)N(C)C)c1ccccc1.c1ccc2c(c1)CCC2. The molecule has 0 bridgehead atoms. The maximum Gasteiger partial charge on any atom is 0.289 e. The fourth-order valence-electron chi connectivity index (χ4n) is 7.59. The number of hydrogen-bond donors (Lipinski definition) is 5. The van der Waals surface area contributed by atoms with E-state index in [1.165, 1.54) is 29.1 Å². The third-order valence-electron chi connectivity index (χ3n) is 11.0. The number of carbonyl (C=O) groups excluding carboxylic acids is 6. The second kappa shape index (κ2) is 25.3. The Balaban J connectivity index is 0.000000873. The van der Waals surface area contributed by atoms with Crippen LogP contribution in [0, 0.1) is 0 Å². The fraction of sp³-hybridized carbons (Fsp3) is 0.480. The zero-order valence-corrected chi connectivity index (χ0v) is 38.4. The van der Waals surface area contributed by atoms with Gasteiger partial charge in [0.05, 0.1) is 37.8 Å². The molecule has 1 aliphatic heterocycles. The monoisotopic (exact) mass is 881 g/mol. The molecule has 3 atom stereocenters. The average molecular weight is 881 g/mol. The first kappa shape index (κ1) is 50.6. The maximum atomic E-state index is 13.5. The molecule has 2 aliphatic rings. The van der Waals surface area contributed by atoms with Gasteiger partial charge in [0, 0.05) is 32.8 Å². The van der Waals surface area contributed by atoms with E-state index in [1.54, 1.807) is 63.3 Å². The minimum absolute atomic E-state index is 0.0103. The Labute approximate surface area is 378 Å². The van der Waals surface area contributed by atoms with Crippen LogP contribution in [0.5, 0.6) is 5.75 Å². The number of aliphatic hydroxyl groups is 1. The van der Waals surface area contributed by atoms with E-state index in [2.05, 4.69) is 45.5 Å². The van der Waals surface area contributed by atoms with Crippen LogP contribution in [0.25, 0.3) is 0 Å². The highest BCUT2D eigenvalue weighted by atomic mass is 16.5. The number of aryl methyl sites for hydroxylation is 2. The highest BCUT2D eigenvalue weighted by molar-refractivity contribution is 6.38. The number of Topliss-reactive ketones (excluding diaryl/α,β-unsaturated/α-hetero) is 1. The van der Waals surface area contributed by atoms with Gasteiger partial charge in [-0.3, -0.25) is 28.8 Å². The van der Waals surface area contributed by atoms with Crippen LogP contribution in [-0.4, -0.2) is 108 Å². The molecule has 0 radical (unpaired) electrons. The molecule has 1 heterocycles. The average Bonchev–Trinajstić information content (AvgIpc) is 3.97. The summed E-state index contributed by atoms with van der Waals surface area (Å²) in [5.41, 5.74) is 4.26. The van der Waals surface area contributed by atoms with Crippen molar-refractivity contribution < 1.29 is 38.6 Å². The van der Waals surface area contributed by atoms with Gasteiger partial charge >= 0.3 is 0 Å². The van der Waals surface area contributed by atoms with E-state index in [0.29, 0.717) is 62.3 Å². The number of likely N-dealkylation sites (tertiary alicyclic amines) is 1. The van der Waals surface area contributed by atoms with Gasteiger partial charge in [-0.05, 0) is 93.2 Å². The molecule has 5 amide bonds. The number of likely N-dealkylation sites (N-methyl/N-ethyl adjacent to an activating group) is 1. The van der Waals surface area contributed by atoms with Gasteiger partial charge in [-0.1, -0.05) is 93.1 Å². The summed E-state index contributed by atoms with van der Waals surface area (Å²) in [6.07, 6.45) is 8.50. The summed E-state index contributed by atoms with van der Waals surface area (Å²) in [7, 11) is 3.32. The molecule has 3 aromatic carbocycles. The fourth-order valence-corrected chi connectivity index (χ4v) is 7.59. The van der Waals surface area contributed by atoms with Crippen LogP contribution in [0.4, 0.5) is 0 Å². The van der Waals surface area contributed by atoms with Gasteiger partial charge in [-0.2, -0.15) is 0 Å². The Kier molecular flexibility index (Phi) is 20.0. The number of carbonyl (C=O) groups is 6. The van der Waals surface area contributed by atoms with Crippen molar-refractivity contribution in [1.29, 1.82) is 0 Å². The smallest absolute Gasteiger partial charge is 0.289 e. The molecule has 0 spiro atoms. The molecule has 1 saturated heterocycles. The van der Waals surface area contributed by atoms with Crippen LogP contribution in [0.15, 0.2) is 90.6 Å². The summed E-state index contributed by atoms with van der Waals surface area (Å²) in [6.45, 7) is 7.40. The number of fused-ring (bicyclic) bond motifs is 1. The van der Waals surface area contributed by atoms with E-state index in [9.17, 15) is 33.9 Å². The molecule has 14 heteroatoms. The van der Waals surface area contributed by atoms with Crippen LogP contribution in [0.3, 0.4) is 0 Å². The molecular weight excluding hydrogens is 813 g/mol. The van der Waals surface area contributed by atoms with Gasteiger partial charge in [0.1, 0.15) is 17.8 Å². The number of benzene rings is 3. The molecule has 64 heavy (non-hydrogen) atoms. The van der Waals surface area contributed by atoms with Gasteiger partial charge in [0.25, 0.3) is 5.91 Å². The number of rotatable bonds is 21. The molecule has 1 aliphatic carbocycles.